The largest absolute Gasteiger partial charge is 0.355 e. The molecule has 2 aliphatic rings. The van der Waals surface area contributed by atoms with E-state index in [1.807, 2.05) is 11.8 Å². The van der Waals surface area contributed by atoms with Crippen molar-refractivity contribution in [2.24, 2.45) is 4.99 Å². The summed E-state index contributed by atoms with van der Waals surface area (Å²) in [5.74, 6) is 3.20. The predicted octanol–water partition coefficient (Wildman–Crippen LogP) is 0.990. The molecule has 0 bridgehead atoms. The molecule has 2 N–H and O–H groups in total. The first kappa shape index (κ1) is 19.4. The zero-order chi connectivity index (χ0) is 17.4. The first-order valence-corrected chi connectivity index (χ1v) is 10.3. The highest BCUT2D eigenvalue weighted by molar-refractivity contribution is 7.99. The third-order valence-corrected chi connectivity index (χ3v) is 6.00. The van der Waals surface area contributed by atoms with Crippen LogP contribution in [0, 0.1) is 0 Å². The summed E-state index contributed by atoms with van der Waals surface area (Å²) in [6.07, 6.45) is 4.95. The summed E-state index contributed by atoms with van der Waals surface area (Å²) >= 11 is 1.99. The first-order valence-electron chi connectivity index (χ1n) is 9.17. The van der Waals surface area contributed by atoms with Crippen LogP contribution in [0.5, 0.6) is 0 Å². The Morgan fingerprint density at radius 3 is 2.83 bits per heavy atom. The number of hydrogen-bond donors (Lipinski definition) is 2. The van der Waals surface area contributed by atoms with Crippen molar-refractivity contribution in [3.63, 3.8) is 0 Å². The van der Waals surface area contributed by atoms with Gasteiger partial charge in [0.05, 0.1) is 0 Å². The Hall–Kier alpha value is -0.950. The molecule has 0 aliphatic carbocycles. The number of aliphatic imine (C=N–C) groups is 1. The van der Waals surface area contributed by atoms with Crippen LogP contribution in [-0.2, 0) is 4.79 Å². The van der Waals surface area contributed by atoms with E-state index < -0.39 is 0 Å². The van der Waals surface area contributed by atoms with Gasteiger partial charge in [0.15, 0.2) is 5.96 Å². The molecule has 24 heavy (non-hydrogen) atoms. The average Bonchev–Trinajstić information content (AvgIpc) is 3.05. The molecule has 2 heterocycles. The summed E-state index contributed by atoms with van der Waals surface area (Å²) in [6.45, 7) is 5.62. The van der Waals surface area contributed by atoms with E-state index in [1.54, 1.807) is 19.0 Å². The van der Waals surface area contributed by atoms with E-state index >= 15 is 0 Å². The van der Waals surface area contributed by atoms with Crippen molar-refractivity contribution in [3.8, 4) is 0 Å². The fraction of sp³-hybridized carbons (Fsp3) is 0.882. The molecular formula is C17H33N5OS. The zero-order valence-corrected chi connectivity index (χ0v) is 16.2. The molecule has 138 valence electrons. The third-order valence-electron chi connectivity index (χ3n) is 4.78. The van der Waals surface area contributed by atoms with Gasteiger partial charge in [-0.05, 0) is 44.5 Å². The van der Waals surface area contributed by atoms with E-state index in [4.69, 9.17) is 0 Å². The Kier molecular flexibility index (Phi) is 8.18. The number of likely N-dealkylation sites (N-methyl/N-ethyl adjacent to an activating group) is 2. The molecule has 2 rings (SSSR count). The second-order valence-corrected chi connectivity index (χ2v) is 7.97. The van der Waals surface area contributed by atoms with Crippen LogP contribution in [0.25, 0.3) is 0 Å². The van der Waals surface area contributed by atoms with Crippen molar-refractivity contribution >= 4 is 23.6 Å². The number of guanidine groups is 1. The maximum atomic E-state index is 11.8. The minimum atomic E-state index is 0.0326. The van der Waals surface area contributed by atoms with Crippen molar-refractivity contribution in [2.75, 3.05) is 51.8 Å². The minimum Gasteiger partial charge on any atom is -0.355 e. The molecule has 2 fully saturated rings. The Balaban J connectivity index is 1.90. The number of likely N-dealkylation sites (tertiary alicyclic amines) is 1. The molecule has 0 aromatic rings. The van der Waals surface area contributed by atoms with Crippen LogP contribution in [0.2, 0.25) is 0 Å². The van der Waals surface area contributed by atoms with E-state index in [0.29, 0.717) is 12.1 Å². The van der Waals surface area contributed by atoms with Gasteiger partial charge in [-0.1, -0.05) is 6.92 Å². The topological polar surface area (TPSA) is 60.0 Å². The third kappa shape index (κ3) is 6.16. The van der Waals surface area contributed by atoms with Gasteiger partial charge < -0.3 is 15.5 Å². The van der Waals surface area contributed by atoms with E-state index in [0.717, 1.165) is 24.8 Å². The van der Waals surface area contributed by atoms with E-state index in [2.05, 4.69) is 27.4 Å². The molecule has 1 amide bonds. The van der Waals surface area contributed by atoms with Crippen LogP contribution in [0.3, 0.4) is 0 Å². The highest BCUT2D eigenvalue weighted by Gasteiger charge is 2.23. The predicted molar refractivity (Wildman–Crippen MR) is 103 cm³/mol. The fourth-order valence-electron chi connectivity index (χ4n) is 3.25. The summed E-state index contributed by atoms with van der Waals surface area (Å²) in [5, 5.41) is 7.02. The van der Waals surface area contributed by atoms with Gasteiger partial charge in [0.2, 0.25) is 5.91 Å². The molecule has 2 unspecified atom stereocenters. The van der Waals surface area contributed by atoms with Crippen molar-refractivity contribution in [1.29, 1.82) is 0 Å². The number of rotatable bonds is 6. The van der Waals surface area contributed by atoms with Crippen molar-refractivity contribution in [2.45, 2.75) is 44.7 Å². The van der Waals surface area contributed by atoms with Crippen LogP contribution in [0.4, 0.5) is 0 Å². The lowest BCUT2D eigenvalue weighted by atomic mass is 10.2. The number of hydrogen-bond acceptors (Lipinski definition) is 4. The SMILES string of the molecule is CCN1CCCC1CNC(=NCC(=O)N(C)C)NC1CCCSC1. The number of carbonyl (C=O) groups excluding carboxylic acids is 1. The van der Waals surface area contributed by atoms with Crippen molar-refractivity contribution in [3.05, 3.63) is 0 Å². The molecule has 0 spiro atoms. The van der Waals surface area contributed by atoms with E-state index in [-0.39, 0.29) is 12.5 Å². The normalized spacial score (nSPS) is 25.5. The highest BCUT2D eigenvalue weighted by Crippen LogP contribution is 2.17. The van der Waals surface area contributed by atoms with Gasteiger partial charge >= 0.3 is 0 Å². The summed E-state index contributed by atoms with van der Waals surface area (Å²) < 4.78 is 0. The standard InChI is InChI=1S/C17H33N5OS/c1-4-22-9-5-8-15(22)11-18-17(19-12-16(23)21(2)3)20-14-7-6-10-24-13-14/h14-15H,4-13H2,1-3H3,(H2,18,19,20). The molecular weight excluding hydrogens is 322 g/mol. The second kappa shape index (κ2) is 10.1. The van der Waals surface area contributed by atoms with Crippen LogP contribution in [0.1, 0.15) is 32.6 Å². The van der Waals surface area contributed by atoms with Crippen LogP contribution in [-0.4, -0.2) is 85.5 Å². The lowest BCUT2D eigenvalue weighted by molar-refractivity contribution is -0.127. The quantitative estimate of drug-likeness (QED) is 0.550. The second-order valence-electron chi connectivity index (χ2n) is 6.82. The molecule has 2 atom stereocenters. The summed E-state index contributed by atoms with van der Waals surface area (Å²) in [6, 6.07) is 1.03. The van der Waals surface area contributed by atoms with Crippen LogP contribution >= 0.6 is 11.8 Å². The number of amides is 1. The lowest BCUT2D eigenvalue weighted by Gasteiger charge is -2.27. The highest BCUT2D eigenvalue weighted by atomic mass is 32.2. The van der Waals surface area contributed by atoms with Crippen LogP contribution in [0.15, 0.2) is 4.99 Å². The first-order chi connectivity index (χ1) is 11.6. The monoisotopic (exact) mass is 355 g/mol. The summed E-state index contributed by atoms with van der Waals surface area (Å²) in [5.41, 5.74) is 0. The molecule has 0 saturated carbocycles. The van der Waals surface area contributed by atoms with Gasteiger partial charge in [-0.15, -0.1) is 0 Å². The van der Waals surface area contributed by atoms with Crippen molar-refractivity contribution in [1.82, 2.24) is 20.4 Å². The lowest BCUT2D eigenvalue weighted by Crippen LogP contribution is -2.49. The maximum absolute atomic E-state index is 11.8. The molecule has 2 saturated heterocycles. The van der Waals surface area contributed by atoms with Crippen LogP contribution < -0.4 is 10.6 Å². The molecule has 2 aliphatic heterocycles. The van der Waals surface area contributed by atoms with E-state index in [1.165, 1.54) is 38.0 Å². The van der Waals surface area contributed by atoms with E-state index in [9.17, 15) is 4.79 Å². The van der Waals surface area contributed by atoms with Crippen molar-refractivity contribution < 1.29 is 4.79 Å². The summed E-state index contributed by atoms with van der Waals surface area (Å²) in [4.78, 5) is 20.5. The number of thioether (sulfide) groups is 1. The molecule has 6 nitrogen and oxygen atoms in total. The number of nitrogens with one attached hydrogen (secondary N) is 2. The van der Waals surface area contributed by atoms with Gasteiger partial charge in [-0.3, -0.25) is 9.69 Å². The molecule has 0 radical (unpaired) electrons. The molecule has 0 aromatic heterocycles. The fourth-order valence-corrected chi connectivity index (χ4v) is 4.32. The Morgan fingerprint density at radius 1 is 1.33 bits per heavy atom. The Bertz CT molecular complexity index is 423. The van der Waals surface area contributed by atoms with Gasteiger partial charge in [0, 0.05) is 38.5 Å². The van der Waals surface area contributed by atoms with Gasteiger partial charge in [-0.25, -0.2) is 4.99 Å². The molecule has 0 aromatic carbocycles. The Morgan fingerprint density at radius 2 is 2.17 bits per heavy atom. The Labute approximate surface area is 150 Å². The smallest absolute Gasteiger partial charge is 0.243 e. The maximum Gasteiger partial charge on any atom is 0.243 e. The molecule has 7 heteroatoms. The van der Waals surface area contributed by atoms with Gasteiger partial charge in [-0.2, -0.15) is 11.8 Å². The van der Waals surface area contributed by atoms with Gasteiger partial charge in [0.25, 0.3) is 0 Å². The number of nitrogens with zero attached hydrogens (tertiary/aromatic N) is 3. The number of carbonyl (C=O) groups is 1. The average molecular weight is 356 g/mol. The van der Waals surface area contributed by atoms with Gasteiger partial charge in [0.1, 0.15) is 6.54 Å². The minimum absolute atomic E-state index is 0.0326. The zero-order valence-electron chi connectivity index (χ0n) is 15.4. The summed E-state index contributed by atoms with van der Waals surface area (Å²) in [7, 11) is 3.54.